The smallest absolute Gasteiger partial charge is 0.0208 e. The highest BCUT2D eigenvalue weighted by atomic mass is 14.8. The molecule has 1 aliphatic rings. The molecule has 1 saturated carbocycles. The molecular weight excluding hydrogens is 194 g/mol. The van der Waals surface area contributed by atoms with Crippen LogP contribution in [-0.4, -0.2) is 6.54 Å². The van der Waals surface area contributed by atoms with E-state index in [4.69, 9.17) is 0 Å². The Hall–Kier alpha value is -0.820. The van der Waals surface area contributed by atoms with Crippen molar-refractivity contribution >= 4 is 0 Å². The van der Waals surface area contributed by atoms with Crippen molar-refractivity contribution in [2.24, 2.45) is 5.92 Å². The van der Waals surface area contributed by atoms with Crippen LogP contribution in [0.4, 0.5) is 0 Å². The first-order valence-electron chi connectivity index (χ1n) is 6.61. The fraction of sp³-hybridized carbons (Fsp3) is 0.600. The van der Waals surface area contributed by atoms with Gasteiger partial charge in [0.25, 0.3) is 0 Å². The van der Waals surface area contributed by atoms with Gasteiger partial charge < -0.3 is 5.32 Å². The third-order valence-electron chi connectivity index (χ3n) is 3.78. The topological polar surface area (TPSA) is 12.0 Å². The van der Waals surface area contributed by atoms with Gasteiger partial charge in [0.15, 0.2) is 0 Å². The first-order chi connectivity index (χ1) is 7.86. The van der Waals surface area contributed by atoms with Crippen LogP contribution in [-0.2, 0) is 6.54 Å². The monoisotopic (exact) mass is 217 g/mol. The molecule has 88 valence electrons. The molecule has 0 atom stereocenters. The molecule has 0 aliphatic heterocycles. The third-order valence-corrected chi connectivity index (χ3v) is 3.78. The van der Waals surface area contributed by atoms with Gasteiger partial charge in [-0.3, -0.25) is 0 Å². The van der Waals surface area contributed by atoms with Gasteiger partial charge in [-0.25, -0.2) is 0 Å². The molecule has 0 amide bonds. The van der Waals surface area contributed by atoms with Gasteiger partial charge in [-0.15, -0.1) is 0 Å². The Bertz CT molecular complexity index is 313. The van der Waals surface area contributed by atoms with Gasteiger partial charge in [-0.2, -0.15) is 0 Å². The summed E-state index contributed by atoms with van der Waals surface area (Å²) < 4.78 is 0. The number of benzene rings is 1. The summed E-state index contributed by atoms with van der Waals surface area (Å²) in [6.45, 7) is 4.40. The summed E-state index contributed by atoms with van der Waals surface area (Å²) >= 11 is 0. The lowest BCUT2D eigenvalue weighted by atomic mass is 10.0. The van der Waals surface area contributed by atoms with E-state index in [2.05, 4.69) is 36.5 Å². The van der Waals surface area contributed by atoms with Crippen LogP contribution in [0.15, 0.2) is 24.3 Å². The summed E-state index contributed by atoms with van der Waals surface area (Å²) in [5, 5.41) is 3.57. The quantitative estimate of drug-likeness (QED) is 0.742. The van der Waals surface area contributed by atoms with Gasteiger partial charge in [-0.05, 0) is 36.9 Å². The predicted molar refractivity (Wildman–Crippen MR) is 69.5 cm³/mol. The maximum Gasteiger partial charge on any atom is 0.0208 e. The molecule has 1 aromatic carbocycles. The molecule has 1 aliphatic carbocycles. The van der Waals surface area contributed by atoms with Gasteiger partial charge in [0.05, 0.1) is 0 Å². The van der Waals surface area contributed by atoms with E-state index in [1.54, 1.807) is 0 Å². The fourth-order valence-corrected chi connectivity index (χ4v) is 2.64. The molecule has 1 heteroatoms. The highest BCUT2D eigenvalue weighted by Gasteiger charge is 2.13. The van der Waals surface area contributed by atoms with Crippen LogP contribution in [0.25, 0.3) is 0 Å². The molecule has 0 spiro atoms. The average molecular weight is 217 g/mol. The minimum Gasteiger partial charge on any atom is -0.313 e. The second-order valence-corrected chi connectivity index (χ2v) is 5.04. The highest BCUT2D eigenvalue weighted by molar-refractivity contribution is 5.25. The number of nitrogens with one attached hydrogen (secondary N) is 1. The number of hydrogen-bond acceptors (Lipinski definition) is 1. The summed E-state index contributed by atoms with van der Waals surface area (Å²) in [4.78, 5) is 0. The molecule has 1 N–H and O–H groups in total. The molecule has 0 saturated heterocycles. The summed E-state index contributed by atoms with van der Waals surface area (Å²) in [5.74, 6) is 1.00. The Labute approximate surface area is 99.3 Å². The van der Waals surface area contributed by atoms with E-state index in [-0.39, 0.29) is 0 Å². The van der Waals surface area contributed by atoms with E-state index in [1.807, 2.05) is 0 Å². The summed E-state index contributed by atoms with van der Waals surface area (Å²) in [5.41, 5.74) is 2.84. The number of rotatable bonds is 5. The van der Waals surface area contributed by atoms with Crippen molar-refractivity contribution in [1.82, 2.24) is 5.32 Å². The van der Waals surface area contributed by atoms with E-state index in [0.717, 1.165) is 12.5 Å². The van der Waals surface area contributed by atoms with Crippen LogP contribution in [0.5, 0.6) is 0 Å². The van der Waals surface area contributed by atoms with E-state index in [1.165, 1.54) is 49.8 Å². The first-order valence-corrected chi connectivity index (χ1v) is 6.61. The van der Waals surface area contributed by atoms with Crippen LogP contribution in [0.1, 0.15) is 43.2 Å². The van der Waals surface area contributed by atoms with E-state index >= 15 is 0 Å². The SMILES string of the molecule is Cc1ccccc1CNCCC1CCCC1. The van der Waals surface area contributed by atoms with Gasteiger partial charge in [0.2, 0.25) is 0 Å². The van der Waals surface area contributed by atoms with Crippen LogP contribution in [0.2, 0.25) is 0 Å². The van der Waals surface area contributed by atoms with Crippen LogP contribution < -0.4 is 5.32 Å². The second kappa shape index (κ2) is 6.05. The van der Waals surface area contributed by atoms with Crippen molar-refractivity contribution in [1.29, 1.82) is 0 Å². The van der Waals surface area contributed by atoms with Crippen molar-refractivity contribution in [3.05, 3.63) is 35.4 Å². The minimum absolute atomic E-state index is 1.00. The average Bonchev–Trinajstić information content (AvgIpc) is 2.79. The summed E-state index contributed by atoms with van der Waals surface area (Å²) in [6.07, 6.45) is 7.22. The van der Waals surface area contributed by atoms with E-state index in [9.17, 15) is 0 Å². The molecule has 1 fully saturated rings. The Morgan fingerprint density at radius 1 is 1.19 bits per heavy atom. The third kappa shape index (κ3) is 3.34. The Balaban J connectivity index is 1.66. The van der Waals surface area contributed by atoms with Crippen molar-refractivity contribution in [2.75, 3.05) is 6.54 Å². The maximum absolute atomic E-state index is 3.57. The number of hydrogen-bond donors (Lipinski definition) is 1. The van der Waals surface area contributed by atoms with Crippen molar-refractivity contribution in [3.63, 3.8) is 0 Å². The van der Waals surface area contributed by atoms with Crippen LogP contribution >= 0.6 is 0 Å². The van der Waals surface area contributed by atoms with E-state index < -0.39 is 0 Å². The Morgan fingerprint density at radius 3 is 2.69 bits per heavy atom. The van der Waals surface area contributed by atoms with Crippen molar-refractivity contribution in [3.8, 4) is 0 Å². The Kier molecular flexibility index (Phi) is 4.41. The highest BCUT2D eigenvalue weighted by Crippen LogP contribution is 2.26. The maximum atomic E-state index is 3.57. The lowest BCUT2D eigenvalue weighted by molar-refractivity contribution is 0.477. The number of aryl methyl sites for hydroxylation is 1. The molecule has 0 radical (unpaired) electrons. The van der Waals surface area contributed by atoms with E-state index in [0.29, 0.717) is 0 Å². The van der Waals surface area contributed by atoms with Gasteiger partial charge in [0.1, 0.15) is 0 Å². The second-order valence-electron chi connectivity index (χ2n) is 5.04. The van der Waals surface area contributed by atoms with Gasteiger partial charge >= 0.3 is 0 Å². The van der Waals surface area contributed by atoms with Crippen molar-refractivity contribution < 1.29 is 0 Å². The summed E-state index contributed by atoms with van der Waals surface area (Å²) in [6, 6.07) is 8.64. The molecule has 2 rings (SSSR count). The predicted octanol–water partition coefficient (Wildman–Crippen LogP) is 3.66. The van der Waals surface area contributed by atoms with Crippen molar-refractivity contribution in [2.45, 2.75) is 45.6 Å². The molecule has 1 nitrogen and oxygen atoms in total. The zero-order chi connectivity index (χ0) is 11.2. The standard InChI is InChI=1S/C15H23N/c1-13-6-2-5-9-15(13)12-16-11-10-14-7-3-4-8-14/h2,5-6,9,14,16H,3-4,7-8,10-12H2,1H3. The largest absolute Gasteiger partial charge is 0.313 e. The molecule has 16 heavy (non-hydrogen) atoms. The zero-order valence-corrected chi connectivity index (χ0v) is 10.3. The molecular formula is C15H23N. The molecule has 0 bridgehead atoms. The normalized spacial score (nSPS) is 16.8. The molecule has 0 heterocycles. The van der Waals surface area contributed by atoms with Crippen LogP contribution in [0, 0.1) is 12.8 Å². The van der Waals surface area contributed by atoms with Crippen LogP contribution in [0.3, 0.4) is 0 Å². The van der Waals surface area contributed by atoms with Gasteiger partial charge in [0, 0.05) is 6.54 Å². The fourth-order valence-electron chi connectivity index (χ4n) is 2.64. The summed E-state index contributed by atoms with van der Waals surface area (Å²) in [7, 11) is 0. The molecule has 0 unspecified atom stereocenters. The Morgan fingerprint density at radius 2 is 1.94 bits per heavy atom. The van der Waals surface area contributed by atoms with Gasteiger partial charge in [-0.1, -0.05) is 49.9 Å². The first kappa shape index (κ1) is 11.7. The molecule has 0 aromatic heterocycles. The lowest BCUT2D eigenvalue weighted by Crippen LogP contribution is -2.17. The minimum atomic E-state index is 1.00. The lowest BCUT2D eigenvalue weighted by Gasteiger charge is -2.10. The zero-order valence-electron chi connectivity index (χ0n) is 10.3. The molecule has 1 aromatic rings.